The van der Waals surface area contributed by atoms with Crippen LogP contribution in [0.25, 0.3) is 10.9 Å². The van der Waals surface area contributed by atoms with Gasteiger partial charge in [0.1, 0.15) is 17.4 Å². The second-order valence-corrected chi connectivity index (χ2v) is 6.72. The maximum Gasteiger partial charge on any atom is 0.473 e. The van der Waals surface area contributed by atoms with Crippen LogP contribution in [0.3, 0.4) is 0 Å². The molecular weight excluding hydrogens is 398 g/mol. The van der Waals surface area contributed by atoms with E-state index in [1.165, 1.54) is 12.4 Å². The summed E-state index contributed by atoms with van der Waals surface area (Å²) in [5, 5.41) is 17.1. The predicted molar refractivity (Wildman–Crippen MR) is 113 cm³/mol. The first-order valence-corrected chi connectivity index (χ1v) is 9.33. The Morgan fingerprint density at radius 3 is 2.68 bits per heavy atom. The van der Waals surface area contributed by atoms with E-state index in [0.717, 1.165) is 22.4 Å². The minimum Gasteiger partial charge on any atom is -0.592 e. The van der Waals surface area contributed by atoms with Crippen molar-refractivity contribution in [3.05, 3.63) is 83.5 Å². The largest absolute Gasteiger partial charge is 0.592 e. The molecule has 0 radical (unpaired) electrons. The van der Waals surface area contributed by atoms with E-state index in [1.54, 1.807) is 6.07 Å². The molecule has 1 aliphatic rings. The van der Waals surface area contributed by atoms with E-state index in [9.17, 15) is 10.0 Å². The third kappa shape index (κ3) is 4.13. The maximum atomic E-state index is 11.5. The zero-order valence-corrected chi connectivity index (χ0v) is 16.8. The van der Waals surface area contributed by atoms with Gasteiger partial charge in [0.25, 0.3) is 0 Å². The standard InChI is InChI=1S/C21H19N7O3/c1-13-25-17-9-4-3-8-16(17)20(26-13)27(2)14-6-5-7-15(10-14)31-19-12-23-18(11-24-19)21(29)28(22)30/h3-12,22-24H,1-2H3. The number of hydrogen-bond donors (Lipinski definition) is 3. The molecule has 156 valence electrons. The van der Waals surface area contributed by atoms with Crippen molar-refractivity contribution in [2.45, 2.75) is 6.92 Å². The lowest BCUT2D eigenvalue weighted by Gasteiger charge is -2.21. The van der Waals surface area contributed by atoms with Crippen LogP contribution in [-0.4, -0.2) is 27.8 Å². The van der Waals surface area contributed by atoms with Crippen LogP contribution in [0.15, 0.2) is 72.5 Å². The summed E-state index contributed by atoms with van der Waals surface area (Å²) < 4.78 is 5.82. The van der Waals surface area contributed by atoms with Crippen molar-refractivity contribution in [3.63, 3.8) is 0 Å². The van der Waals surface area contributed by atoms with E-state index in [-0.39, 0.29) is 5.70 Å². The molecule has 0 aliphatic carbocycles. The van der Waals surface area contributed by atoms with E-state index in [1.807, 2.05) is 61.3 Å². The summed E-state index contributed by atoms with van der Waals surface area (Å²) in [5.41, 5.74) is 8.47. The number of amides is 1. The molecule has 0 bridgehead atoms. The second kappa shape index (κ2) is 8.11. The number of para-hydroxylation sites is 1. The predicted octanol–water partition coefficient (Wildman–Crippen LogP) is 2.99. The van der Waals surface area contributed by atoms with Gasteiger partial charge in [-0.05, 0) is 41.6 Å². The Kier molecular flexibility index (Phi) is 5.19. The van der Waals surface area contributed by atoms with Crippen LogP contribution in [0.2, 0.25) is 0 Å². The summed E-state index contributed by atoms with van der Waals surface area (Å²) in [7, 11) is 1.92. The number of anilines is 2. The molecule has 0 saturated carbocycles. The highest BCUT2D eigenvalue weighted by Gasteiger charge is 2.21. The van der Waals surface area contributed by atoms with Crippen LogP contribution in [0.5, 0.6) is 5.75 Å². The van der Waals surface area contributed by atoms with Crippen LogP contribution in [-0.2, 0) is 4.79 Å². The van der Waals surface area contributed by atoms with Crippen LogP contribution < -0.4 is 20.3 Å². The fourth-order valence-electron chi connectivity index (χ4n) is 3.10. The topological polar surface area (TPSA) is 129 Å². The van der Waals surface area contributed by atoms with Crippen molar-refractivity contribution in [3.8, 4) is 5.75 Å². The van der Waals surface area contributed by atoms with E-state index < -0.39 is 10.8 Å². The van der Waals surface area contributed by atoms with Crippen molar-refractivity contribution in [1.82, 2.24) is 20.6 Å². The molecular formula is C21H19N7O3. The normalized spacial score (nSPS) is 12.8. The molecule has 2 heterocycles. The number of hydrogen-bond acceptors (Lipinski definition) is 9. The minimum atomic E-state index is -1.02. The number of aryl methyl sites for hydroxylation is 1. The summed E-state index contributed by atoms with van der Waals surface area (Å²) >= 11 is 0. The van der Waals surface area contributed by atoms with Gasteiger partial charge in [0.15, 0.2) is 5.70 Å². The van der Waals surface area contributed by atoms with Gasteiger partial charge in [-0.3, -0.25) is 0 Å². The first kappa shape index (κ1) is 19.8. The molecule has 0 spiro atoms. The molecule has 0 unspecified atom stereocenters. The lowest BCUT2D eigenvalue weighted by molar-refractivity contribution is -0.468. The van der Waals surface area contributed by atoms with Crippen LogP contribution in [0.1, 0.15) is 5.82 Å². The van der Waals surface area contributed by atoms with Crippen molar-refractivity contribution in [2.24, 2.45) is 0 Å². The zero-order valence-electron chi connectivity index (χ0n) is 16.8. The Morgan fingerprint density at radius 1 is 1.13 bits per heavy atom. The Morgan fingerprint density at radius 2 is 1.94 bits per heavy atom. The number of hydroxylamine groups is 1. The Balaban J connectivity index is 1.55. The van der Waals surface area contributed by atoms with E-state index in [2.05, 4.69) is 20.6 Å². The third-order valence-electron chi connectivity index (χ3n) is 4.58. The molecule has 4 rings (SSSR count). The Labute approximate surface area is 177 Å². The molecule has 3 aromatic rings. The quantitative estimate of drug-likeness (QED) is 0.328. The molecule has 1 aliphatic heterocycles. The van der Waals surface area contributed by atoms with E-state index in [0.29, 0.717) is 17.5 Å². The van der Waals surface area contributed by atoms with Gasteiger partial charge in [-0.1, -0.05) is 18.2 Å². The first-order chi connectivity index (χ1) is 14.9. The van der Waals surface area contributed by atoms with Crippen molar-refractivity contribution in [2.75, 3.05) is 11.9 Å². The number of aromatic nitrogens is 2. The van der Waals surface area contributed by atoms with Crippen molar-refractivity contribution < 1.29 is 14.4 Å². The van der Waals surface area contributed by atoms with Crippen LogP contribution in [0.4, 0.5) is 11.5 Å². The molecule has 31 heavy (non-hydrogen) atoms. The number of carbonyl (C=O) groups excluding carboxylic acids is 1. The third-order valence-corrected chi connectivity index (χ3v) is 4.58. The number of nitrogens with zero attached hydrogens (tertiary/aromatic N) is 4. The lowest BCUT2D eigenvalue weighted by Crippen LogP contribution is -2.30. The summed E-state index contributed by atoms with van der Waals surface area (Å²) in [4.78, 5) is 22.1. The average Bonchev–Trinajstić information content (AvgIpc) is 2.78. The summed E-state index contributed by atoms with van der Waals surface area (Å²) in [5.74, 6) is 1.31. The summed E-state index contributed by atoms with van der Waals surface area (Å²) in [6, 6.07) is 15.3. The van der Waals surface area contributed by atoms with Gasteiger partial charge in [-0.2, -0.15) is 0 Å². The van der Waals surface area contributed by atoms with Crippen molar-refractivity contribution >= 4 is 28.3 Å². The first-order valence-electron chi connectivity index (χ1n) is 9.33. The van der Waals surface area contributed by atoms with Gasteiger partial charge >= 0.3 is 5.91 Å². The molecule has 1 aromatic heterocycles. The molecule has 0 saturated heterocycles. The fraction of sp³-hybridized carbons (Fsp3) is 0.0952. The number of nitrogens with one attached hydrogen (secondary N) is 3. The van der Waals surface area contributed by atoms with E-state index >= 15 is 0 Å². The highest BCUT2D eigenvalue weighted by Crippen LogP contribution is 2.31. The fourth-order valence-corrected chi connectivity index (χ4v) is 3.10. The smallest absolute Gasteiger partial charge is 0.473 e. The molecule has 2 aromatic carbocycles. The van der Waals surface area contributed by atoms with Gasteiger partial charge < -0.3 is 25.5 Å². The molecule has 0 fully saturated rings. The Bertz CT molecular complexity index is 1250. The van der Waals surface area contributed by atoms with Gasteiger partial charge in [0, 0.05) is 30.4 Å². The molecule has 10 nitrogen and oxygen atoms in total. The van der Waals surface area contributed by atoms with Gasteiger partial charge in [0.05, 0.1) is 11.7 Å². The van der Waals surface area contributed by atoms with Gasteiger partial charge in [-0.15, -0.1) is 0 Å². The van der Waals surface area contributed by atoms with Gasteiger partial charge in [-0.25, -0.2) is 14.8 Å². The zero-order chi connectivity index (χ0) is 22.0. The number of benzene rings is 2. The van der Waals surface area contributed by atoms with Crippen LogP contribution in [0, 0.1) is 17.7 Å². The molecule has 3 N–H and O–H groups in total. The maximum absolute atomic E-state index is 11.5. The number of carbonyl (C=O) groups is 1. The number of ether oxygens (including phenoxy) is 1. The SMILES string of the molecule is Cc1nc(N(C)c2cccc(OC3=CNC(C(=O)[N+](=N)[O-])=CN3)c2)c2ccccc2n1. The summed E-state index contributed by atoms with van der Waals surface area (Å²) in [6.45, 7) is 1.86. The molecule has 10 heteroatoms. The Hall–Kier alpha value is -4.47. The van der Waals surface area contributed by atoms with Crippen LogP contribution >= 0.6 is 0 Å². The number of rotatable bonds is 5. The summed E-state index contributed by atoms with van der Waals surface area (Å²) in [6.07, 6.45) is 2.66. The molecule has 0 atom stereocenters. The van der Waals surface area contributed by atoms with Crippen molar-refractivity contribution in [1.29, 1.82) is 5.53 Å². The average molecular weight is 417 g/mol. The minimum absolute atomic E-state index is 0.0585. The van der Waals surface area contributed by atoms with Gasteiger partial charge in [0.2, 0.25) is 5.88 Å². The monoisotopic (exact) mass is 417 g/mol. The number of fused-ring (bicyclic) bond motifs is 1. The second-order valence-electron chi connectivity index (χ2n) is 6.72. The highest BCUT2D eigenvalue weighted by atomic mass is 16.5. The highest BCUT2D eigenvalue weighted by molar-refractivity contribution is 5.91. The lowest BCUT2D eigenvalue weighted by atomic mass is 10.2. The molecule has 1 amide bonds. The van der Waals surface area contributed by atoms with E-state index in [4.69, 9.17) is 10.3 Å².